The van der Waals surface area contributed by atoms with Gasteiger partial charge in [-0.1, -0.05) is 11.6 Å². The smallest absolute Gasteiger partial charge is 0.243 e. The molecule has 1 unspecified atom stereocenters. The van der Waals surface area contributed by atoms with E-state index in [0.29, 0.717) is 10.2 Å². The lowest BCUT2D eigenvalue weighted by Gasteiger charge is -2.21. The lowest BCUT2D eigenvalue weighted by atomic mass is 10.1. The van der Waals surface area contributed by atoms with Crippen molar-refractivity contribution in [2.75, 3.05) is 25.5 Å². The summed E-state index contributed by atoms with van der Waals surface area (Å²) >= 11 is 7.67. The van der Waals surface area contributed by atoms with Gasteiger partial charge in [0.15, 0.2) is 5.13 Å². The fourth-order valence-electron chi connectivity index (χ4n) is 2.86. The summed E-state index contributed by atoms with van der Waals surface area (Å²) in [6.07, 6.45) is 1.66. The summed E-state index contributed by atoms with van der Waals surface area (Å²) in [6.45, 7) is 2.84. The number of carbonyl (C=O) groups is 1. The second-order valence-electron chi connectivity index (χ2n) is 5.99. The van der Waals surface area contributed by atoms with Crippen molar-refractivity contribution in [3.63, 3.8) is 0 Å². The minimum atomic E-state index is -0.167. The van der Waals surface area contributed by atoms with Gasteiger partial charge in [0.25, 0.3) is 0 Å². The highest BCUT2D eigenvalue weighted by atomic mass is 35.5. The Morgan fingerprint density at radius 1 is 1.56 bits per heavy atom. The molecule has 2 aromatic rings. The van der Waals surface area contributed by atoms with Crippen molar-refractivity contribution in [3.8, 4) is 17.0 Å². The summed E-state index contributed by atoms with van der Waals surface area (Å²) in [5, 5.41) is 6.34. The van der Waals surface area contributed by atoms with Crippen molar-refractivity contribution in [1.29, 1.82) is 0 Å². The van der Waals surface area contributed by atoms with Crippen molar-refractivity contribution in [3.05, 3.63) is 28.1 Å². The molecular formula is C17H21ClN4O2S. The number of aryl methyl sites for hydroxylation is 1. The number of aromatic nitrogens is 1. The van der Waals surface area contributed by atoms with E-state index in [4.69, 9.17) is 22.1 Å². The number of rotatable bonds is 5. The number of hydrogen-bond acceptors (Lipinski definition) is 6. The number of methoxy groups -OCH3 is 1. The molecule has 1 aliphatic heterocycles. The predicted molar refractivity (Wildman–Crippen MR) is 101 cm³/mol. The van der Waals surface area contributed by atoms with Crippen LogP contribution in [0.5, 0.6) is 5.75 Å². The first-order valence-corrected chi connectivity index (χ1v) is 9.34. The van der Waals surface area contributed by atoms with Crippen LogP contribution in [0.3, 0.4) is 0 Å². The van der Waals surface area contributed by atoms with Crippen LogP contribution in [0.4, 0.5) is 5.13 Å². The maximum Gasteiger partial charge on any atom is 0.243 e. The molecule has 2 heterocycles. The number of anilines is 1. The highest BCUT2D eigenvalue weighted by molar-refractivity contribution is 7.14. The second kappa shape index (κ2) is 7.59. The van der Waals surface area contributed by atoms with Crippen LogP contribution in [0.2, 0.25) is 5.02 Å². The quantitative estimate of drug-likeness (QED) is 0.833. The highest BCUT2D eigenvalue weighted by Crippen LogP contribution is 2.36. The molecule has 8 heteroatoms. The van der Waals surface area contributed by atoms with Crippen LogP contribution in [0.1, 0.15) is 18.4 Å². The molecule has 0 spiro atoms. The van der Waals surface area contributed by atoms with E-state index >= 15 is 0 Å². The van der Waals surface area contributed by atoms with E-state index in [2.05, 4.69) is 10.3 Å². The normalized spacial score (nSPS) is 17.0. The Morgan fingerprint density at radius 3 is 3.04 bits per heavy atom. The Hall–Kier alpha value is -1.83. The third-order valence-corrected chi connectivity index (χ3v) is 5.48. The van der Waals surface area contributed by atoms with Crippen LogP contribution >= 0.6 is 22.9 Å². The van der Waals surface area contributed by atoms with E-state index in [0.717, 1.165) is 42.0 Å². The average molecular weight is 381 g/mol. The SMILES string of the molecule is COc1cc(C)c(Cl)cc1-c1csc(NCC(=O)N2CCCC2N)n1. The van der Waals surface area contributed by atoms with Gasteiger partial charge in [0.1, 0.15) is 5.75 Å². The third kappa shape index (κ3) is 3.89. The van der Waals surface area contributed by atoms with Gasteiger partial charge in [-0.05, 0) is 37.5 Å². The fourth-order valence-corrected chi connectivity index (χ4v) is 3.73. The van der Waals surface area contributed by atoms with Crippen LogP contribution in [0.25, 0.3) is 11.3 Å². The number of thiazole rings is 1. The first kappa shape index (κ1) is 18.0. The number of nitrogens with zero attached hydrogens (tertiary/aromatic N) is 2. The lowest BCUT2D eigenvalue weighted by molar-refractivity contribution is -0.129. The molecule has 0 bridgehead atoms. The molecule has 1 saturated heterocycles. The monoisotopic (exact) mass is 380 g/mol. The molecule has 0 aliphatic carbocycles. The molecular weight excluding hydrogens is 360 g/mol. The number of amides is 1. The van der Waals surface area contributed by atoms with Crippen molar-refractivity contribution in [2.24, 2.45) is 5.73 Å². The first-order chi connectivity index (χ1) is 12.0. The number of carbonyl (C=O) groups excluding carboxylic acids is 1. The van der Waals surface area contributed by atoms with Gasteiger partial charge in [-0.3, -0.25) is 4.79 Å². The van der Waals surface area contributed by atoms with E-state index in [9.17, 15) is 4.79 Å². The maximum absolute atomic E-state index is 12.2. The van der Waals surface area contributed by atoms with Gasteiger partial charge in [-0.15, -0.1) is 11.3 Å². The van der Waals surface area contributed by atoms with E-state index < -0.39 is 0 Å². The minimum Gasteiger partial charge on any atom is -0.496 e. The molecule has 6 nitrogen and oxygen atoms in total. The molecule has 1 atom stereocenters. The summed E-state index contributed by atoms with van der Waals surface area (Å²) in [5.74, 6) is 0.718. The van der Waals surface area contributed by atoms with E-state index in [1.165, 1.54) is 11.3 Å². The van der Waals surface area contributed by atoms with E-state index in [1.807, 2.05) is 24.4 Å². The molecule has 1 aromatic heterocycles. The zero-order chi connectivity index (χ0) is 18.0. The average Bonchev–Trinajstić information content (AvgIpc) is 3.23. The molecule has 3 N–H and O–H groups in total. The van der Waals surface area contributed by atoms with Gasteiger partial charge in [0.2, 0.25) is 5.91 Å². The number of likely N-dealkylation sites (tertiary alicyclic amines) is 1. The summed E-state index contributed by atoms with van der Waals surface area (Å²) in [4.78, 5) is 18.5. The Labute approximate surface area is 155 Å². The Morgan fingerprint density at radius 2 is 2.36 bits per heavy atom. The van der Waals surface area contributed by atoms with Crippen molar-refractivity contribution in [1.82, 2.24) is 9.88 Å². The molecule has 1 fully saturated rings. The lowest BCUT2D eigenvalue weighted by Crippen LogP contribution is -2.43. The molecule has 1 aromatic carbocycles. The molecule has 0 saturated carbocycles. The van der Waals surface area contributed by atoms with Gasteiger partial charge in [0.05, 0.1) is 25.5 Å². The molecule has 134 valence electrons. The van der Waals surface area contributed by atoms with Crippen molar-refractivity contribution < 1.29 is 9.53 Å². The number of ether oxygens (including phenoxy) is 1. The summed E-state index contributed by atoms with van der Waals surface area (Å²) in [5.41, 5.74) is 8.46. The Kier molecular flexibility index (Phi) is 5.46. The summed E-state index contributed by atoms with van der Waals surface area (Å²) < 4.78 is 5.43. The topological polar surface area (TPSA) is 80.5 Å². The number of benzene rings is 1. The van der Waals surface area contributed by atoms with E-state index in [1.54, 1.807) is 12.0 Å². The predicted octanol–water partition coefficient (Wildman–Crippen LogP) is 3.10. The molecule has 0 radical (unpaired) electrons. The van der Waals surface area contributed by atoms with Gasteiger partial charge < -0.3 is 20.7 Å². The van der Waals surface area contributed by atoms with Gasteiger partial charge >= 0.3 is 0 Å². The number of hydrogen-bond donors (Lipinski definition) is 2. The van der Waals surface area contributed by atoms with Crippen LogP contribution in [-0.4, -0.2) is 42.2 Å². The largest absolute Gasteiger partial charge is 0.496 e. The number of halogens is 1. The summed E-state index contributed by atoms with van der Waals surface area (Å²) in [6, 6.07) is 3.74. The summed E-state index contributed by atoms with van der Waals surface area (Å²) in [7, 11) is 1.62. The van der Waals surface area contributed by atoms with Crippen LogP contribution in [0, 0.1) is 6.92 Å². The molecule has 3 rings (SSSR count). The Balaban J connectivity index is 1.71. The Bertz CT molecular complexity index is 780. The van der Waals surface area contributed by atoms with Crippen molar-refractivity contribution in [2.45, 2.75) is 25.9 Å². The van der Waals surface area contributed by atoms with Crippen molar-refractivity contribution >= 4 is 34.0 Å². The van der Waals surface area contributed by atoms with Crippen LogP contribution in [-0.2, 0) is 4.79 Å². The number of nitrogens with one attached hydrogen (secondary N) is 1. The van der Waals surface area contributed by atoms with Gasteiger partial charge in [0, 0.05) is 22.5 Å². The second-order valence-corrected chi connectivity index (χ2v) is 7.26. The first-order valence-electron chi connectivity index (χ1n) is 8.08. The zero-order valence-corrected chi connectivity index (χ0v) is 15.8. The molecule has 1 amide bonds. The van der Waals surface area contributed by atoms with Crippen LogP contribution < -0.4 is 15.8 Å². The third-order valence-electron chi connectivity index (χ3n) is 4.27. The maximum atomic E-state index is 12.2. The number of nitrogens with two attached hydrogens (primary N) is 1. The zero-order valence-electron chi connectivity index (χ0n) is 14.2. The standard InChI is InChI=1S/C17H21ClN4O2S/c1-10-6-14(24-2)11(7-12(10)18)13-9-25-17(21-13)20-8-16(23)22-5-3-4-15(22)19/h6-7,9,15H,3-5,8,19H2,1-2H3,(H,20,21). The highest BCUT2D eigenvalue weighted by Gasteiger charge is 2.25. The molecule has 1 aliphatic rings. The van der Waals surface area contributed by atoms with Gasteiger partial charge in [-0.2, -0.15) is 0 Å². The van der Waals surface area contributed by atoms with E-state index in [-0.39, 0.29) is 18.6 Å². The van der Waals surface area contributed by atoms with Gasteiger partial charge in [-0.25, -0.2) is 4.98 Å². The minimum absolute atomic E-state index is 0.00212. The van der Waals surface area contributed by atoms with Crippen LogP contribution in [0.15, 0.2) is 17.5 Å². The molecule has 25 heavy (non-hydrogen) atoms. The fraction of sp³-hybridized carbons (Fsp3) is 0.412.